The fraction of sp³-hybridized carbons (Fsp3) is 0.464. The fourth-order valence-corrected chi connectivity index (χ4v) is 6.52. The predicted octanol–water partition coefficient (Wildman–Crippen LogP) is 4.17. The molecular formula is C28H30BrCl2FN4O6. The lowest BCUT2D eigenvalue weighted by atomic mass is 9.88. The fourth-order valence-electron chi connectivity index (χ4n) is 5.76. The van der Waals surface area contributed by atoms with Crippen LogP contribution in [0.1, 0.15) is 31.7 Å². The second-order valence-corrected chi connectivity index (χ2v) is 12.2. The second kappa shape index (κ2) is 13.2. The van der Waals surface area contributed by atoms with Crippen LogP contribution >= 0.6 is 39.1 Å². The lowest BCUT2D eigenvalue weighted by Crippen LogP contribution is -2.63. The van der Waals surface area contributed by atoms with Crippen molar-refractivity contribution in [1.29, 1.82) is 0 Å². The molecule has 3 aromatic rings. The molecule has 1 aromatic heterocycles. The number of amides is 1. The van der Waals surface area contributed by atoms with E-state index in [2.05, 4.69) is 26.2 Å². The monoisotopic (exact) mass is 686 g/mol. The van der Waals surface area contributed by atoms with Gasteiger partial charge in [-0.15, -0.1) is 5.10 Å². The molecule has 0 radical (unpaired) electrons. The van der Waals surface area contributed by atoms with Gasteiger partial charge in [0.05, 0.1) is 29.4 Å². The molecular weight excluding hydrogens is 658 g/mol. The molecule has 2 fully saturated rings. The predicted molar refractivity (Wildman–Crippen MR) is 157 cm³/mol. The van der Waals surface area contributed by atoms with E-state index in [4.69, 9.17) is 32.7 Å². The van der Waals surface area contributed by atoms with E-state index in [9.17, 15) is 24.5 Å². The Balaban J connectivity index is 1.54. The first-order chi connectivity index (χ1) is 20.1. The summed E-state index contributed by atoms with van der Waals surface area (Å²) in [6.07, 6.45) is -1.67. The van der Waals surface area contributed by atoms with Gasteiger partial charge < -0.3 is 29.7 Å². The van der Waals surface area contributed by atoms with Crippen molar-refractivity contribution in [3.8, 4) is 11.3 Å². The van der Waals surface area contributed by atoms with Crippen LogP contribution in [-0.4, -0.2) is 86.5 Å². The van der Waals surface area contributed by atoms with E-state index in [0.29, 0.717) is 44.3 Å². The van der Waals surface area contributed by atoms with Gasteiger partial charge in [0.2, 0.25) is 0 Å². The molecule has 1 aliphatic carbocycles. The summed E-state index contributed by atoms with van der Waals surface area (Å²) in [5.74, 6) is -1.06. The molecule has 1 saturated heterocycles. The smallest absolute Gasteiger partial charge is 0.259 e. The third kappa shape index (κ3) is 6.22. The largest absolute Gasteiger partial charge is 0.394 e. The molecule has 42 heavy (non-hydrogen) atoms. The number of aromatic nitrogens is 3. The molecule has 0 spiro atoms. The second-order valence-electron chi connectivity index (χ2n) is 10.4. The minimum absolute atomic E-state index is 0.290. The third-order valence-electron chi connectivity index (χ3n) is 7.80. The lowest BCUT2D eigenvalue weighted by Gasteiger charge is -2.46. The maximum absolute atomic E-state index is 14.4. The SMILES string of the molecule is CO[C@@H]1[C@@H](n2cc(-c3ccc(Br)c(F)c3)nn2)[C@@H](O)[C@@H](CO)O[C@H]1C(=O)N(c1cc(Cl)cc(Cl)c1)[C@H]1CCCC[C@@H]1O. The summed E-state index contributed by atoms with van der Waals surface area (Å²) in [7, 11) is 1.37. The number of rotatable bonds is 7. The standard InChI is InChI=1S/C28H30BrCl2FN4O6/c1-41-26-24(35-12-20(33-34-35)14-6-7-18(29)19(32)8-14)25(39)23(13-37)42-27(26)28(40)36(21-4-2-3-5-22(21)38)17-10-15(30)9-16(31)11-17/h6-12,21-27,37-39H,2-5,13H2,1H3/t21-,22-,23+,24-,25-,26+,27+/m0/s1. The van der Waals surface area contributed by atoms with E-state index in [1.54, 1.807) is 18.2 Å². The van der Waals surface area contributed by atoms with E-state index < -0.39 is 60.9 Å². The van der Waals surface area contributed by atoms with E-state index >= 15 is 0 Å². The van der Waals surface area contributed by atoms with Crippen molar-refractivity contribution in [2.24, 2.45) is 0 Å². The van der Waals surface area contributed by atoms with E-state index in [0.717, 1.165) is 12.8 Å². The van der Waals surface area contributed by atoms with Crippen molar-refractivity contribution in [2.45, 2.75) is 68.3 Å². The number of nitrogens with zero attached hydrogens (tertiary/aromatic N) is 4. The summed E-state index contributed by atoms with van der Waals surface area (Å²) in [6.45, 7) is -0.605. The summed E-state index contributed by atoms with van der Waals surface area (Å²) in [6, 6.07) is 7.54. The summed E-state index contributed by atoms with van der Waals surface area (Å²) in [5, 5.41) is 41.2. The number of benzene rings is 2. The Kier molecular flexibility index (Phi) is 9.85. The number of hydrogen-bond donors (Lipinski definition) is 3. The molecule has 226 valence electrons. The summed E-state index contributed by atoms with van der Waals surface area (Å²) in [5.41, 5.74) is 1.13. The summed E-state index contributed by atoms with van der Waals surface area (Å²) >= 11 is 15.7. The highest BCUT2D eigenvalue weighted by molar-refractivity contribution is 9.10. The molecule has 7 atom stereocenters. The van der Waals surface area contributed by atoms with Crippen LogP contribution in [0.2, 0.25) is 10.0 Å². The molecule has 10 nitrogen and oxygen atoms in total. The van der Waals surface area contributed by atoms with Gasteiger partial charge in [-0.3, -0.25) is 4.79 Å². The van der Waals surface area contributed by atoms with E-state index in [-0.39, 0.29) is 0 Å². The van der Waals surface area contributed by atoms with Gasteiger partial charge in [0.25, 0.3) is 5.91 Å². The first-order valence-corrected chi connectivity index (χ1v) is 15.0. The number of hydrogen-bond acceptors (Lipinski definition) is 8. The number of aliphatic hydroxyl groups is 3. The van der Waals surface area contributed by atoms with E-state index in [1.807, 2.05) is 0 Å². The van der Waals surface area contributed by atoms with Crippen molar-refractivity contribution >= 4 is 50.7 Å². The quantitative estimate of drug-likeness (QED) is 0.338. The minimum Gasteiger partial charge on any atom is -0.394 e. The molecule has 3 N–H and O–H groups in total. The summed E-state index contributed by atoms with van der Waals surface area (Å²) < 4.78 is 27.6. The lowest BCUT2D eigenvalue weighted by molar-refractivity contribution is -0.211. The van der Waals surface area contributed by atoms with Crippen LogP contribution < -0.4 is 4.90 Å². The van der Waals surface area contributed by atoms with Crippen LogP contribution in [0.25, 0.3) is 11.3 Å². The molecule has 2 heterocycles. The molecule has 2 aromatic carbocycles. The van der Waals surface area contributed by atoms with Crippen LogP contribution in [0.4, 0.5) is 10.1 Å². The number of carbonyl (C=O) groups is 1. The minimum atomic E-state index is -1.35. The average Bonchev–Trinajstić information content (AvgIpc) is 3.44. The van der Waals surface area contributed by atoms with Gasteiger partial charge >= 0.3 is 0 Å². The number of ether oxygens (including phenoxy) is 2. The average molecular weight is 688 g/mol. The van der Waals surface area contributed by atoms with Crippen molar-refractivity contribution < 1.29 is 34.0 Å². The zero-order valence-corrected chi connectivity index (χ0v) is 25.6. The molecule has 5 rings (SSSR count). The number of anilines is 1. The van der Waals surface area contributed by atoms with Gasteiger partial charge in [0, 0.05) is 28.4 Å². The topological polar surface area (TPSA) is 130 Å². The Hall–Kier alpha value is -2.16. The Morgan fingerprint density at radius 2 is 1.90 bits per heavy atom. The number of halogens is 4. The zero-order valence-electron chi connectivity index (χ0n) is 22.5. The maximum Gasteiger partial charge on any atom is 0.259 e. The van der Waals surface area contributed by atoms with Crippen LogP contribution in [0.15, 0.2) is 47.1 Å². The Morgan fingerprint density at radius 3 is 2.55 bits per heavy atom. The first kappa shape index (κ1) is 31.3. The van der Waals surface area contributed by atoms with Gasteiger partial charge in [-0.2, -0.15) is 0 Å². The van der Waals surface area contributed by atoms with Gasteiger partial charge in [0.15, 0.2) is 6.10 Å². The van der Waals surface area contributed by atoms with Crippen molar-refractivity contribution in [1.82, 2.24) is 15.0 Å². The molecule has 2 aliphatic rings. The van der Waals surface area contributed by atoms with Gasteiger partial charge in [-0.05, 0) is 59.1 Å². The molecule has 0 bridgehead atoms. The number of aliphatic hydroxyl groups excluding tert-OH is 3. The highest BCUT2D eigenvalue weighted by Crippen LogP contribution is 2.37. The third-order valence-corrected chi connectivity index (χ3v) is 8.88. The molecule has 1 saturated carbocycles. The number of methoxy groups -OCH3 is 1. The number of carbonyl (C=O) groups excluding carboxylic acids is 1. The van der Waals surface area contributed by atoms with E-state index in [1.165, 1.54) is 41.1 Å². The van der Waals surface area contributed by atoms with Crippen molar-refractivity contribution in [2.75, 3.05) is 18.6 Å². The molecule has 1 aliphatic heterocycles. The van der Waals surface area contributed by atoms with Gasteiger partial charge in [-0.1, -0.05) is 47.3 Å². The van der Waals surface area contributed by atoms with Crippen LogP contribution in [0.3, 0.4) is 0 Å². The van der Waals surface area contributed by atoms with Crippen LogP contribution in [0.5, 0.6) is 0 Å². The zero-order chi connectivity index (χ0) is 30.1. The van der Waals surface area contributed by atoms with Crippen molar-refractivity contribution in [3.63, 3.8) is 0 Å². The Labute approximate surface area is 260 Å². The van der Waals surface area contributed by atoms with Gasteiger partial charge in [0.1, 0.15) is 35.9 Å². The highest BCUT2D eigenvalue weighted by Gasteiger charge is 2.52. The normalized spacial score (nSPS) is 28.0. The molecule has 1 amide bonds. The Bertz CT molecular complexity index is 1410. The maximum atomic E-state index is 14.4. The van der Waals surface area contributed by atoms with Crippen molar-refractivity contribution in [3.05, 3.63) is 62.9 Å². The van der Waals surface area contributed by atoms with Crippen LogP contribution in [-0.2, 0) is 14.3 Å². The van der Waals surface area contributed by atoms with Crippen LogP contribution in [0, 0.1) is 5.82 Å². The highest BCUT2D eigenvalue weighted by atomic mass is 79.9. The summed E-state index contributed by atoms with van der Waals surface area (Å²) in [4.78, 5) is 15.9. The molecule has 0 unspecified atom stereocenters. The first-order valence-electron chi connectivity index (χ1n) is 13.4. The van der Waals surface area contributed by atoms with Gasteiger partial charge in [-0.25, -0.2) is 9.07 Å². The Morgan fingerprint density at radius 1 is 1.19 bits per heavy atom. The molecule has 14 heteroatoms.